The largest absolute Gasteiger partial charge is 0.323 e. The van der Waals surface area contributed by atoms with E-state index < -0.39 is 0 Å². The zero-order valence-corrected chi connectivity index (χ0v) is 14.7. The SMILES string of the molecule is Cc1c(Br)ccc(CC(=O)Nc2cnn(C(C)(C)C)c2)c1F. The molecule has 0 unspecified atom stereocenters. The Hall–Kier alpha value is -1.69. The van der Waals surface area contributed by atoms with Crippen molar-refractivity contribution in [2.75, 3.05) is 5.32 Å². The van der Waals surface area contributed by atoms with Crippen molar-refractivity contribution in [2.45, 2.75) is 39.7 Å². The first kappa shape index (κ1) is 16.7. The Kier molecular flexibility index (Phi) is 4.70. The molecule has 1 N–H and O–H groups in total. The molecule has 0 bridgehead atoms. The van der Waals surface area contributed by atoms with Crippen LogP contribution in [0.5, 0.6) is 0 Å². The van der Waals surface area contributed by atoms with Crippen molar-refractivity contribution in [1.29, 1.82) is 0 Å². The number of rotatable bonds is 3. The molecule has 0 saturated heterocycles. The second-order valence-corrected chi connectivity index (χ2v) is 7.07. The Morgan fingerprint density at radius 2 is 2.09 bits per heavy atom. The summed E-state index contributed by atoms with van der Waals surface area (Å²) < 4.78 is 16.6. The molecule has 118 valence electrons. The number of aromatic nitrogens is 2. The van der Waals surface area contributed by atoms with E-state index >= 15 is 0 Å². The van der Waals surface area contributed by atoms with Crippen molar-refractivity contribution in [3.8, 4) is 0 Å². The molecule has 2 aromatic rings. The number of carbonyl (C=O) groups is 1. The Labute approximate surface area is 137 Å². The molecule has 1 heterocycles. The second kappa shape index (κ2) is 6.20. The zero-order valence-electron chi connectivity index (χ0n) is 13.1. The highest BCUT2D eigenvalue weighted by Crippen LogP contribution is 2.22. The van der Waals surface area contributed by atoms with Gasteiger partial charge in [0.2, 0.25) is 5.91 Å². The van der Waals surface area contributed by atoms with Gasteiger partial charge in [0.25, 0.3) is 0 Å². The monoisotopic (exact) mass is 367 g/mol. The molecule has 0 atom stereocenters. The van der Waals surface area contributed by atoms with Crippen LogP contribution in [-0.2, 0) is 16.8 Å². The predicted molar refractivity (Wildman–Crippen MR) is 88.4 cm³/mol. The number of anilines is 1. The van der Waals surface area contributed by atoms with E-state index in [1.807, 2.05) is 20.8 Å². The molecule has 0 fully saturated rings. The van der Waals surface area contributed by atoms with Gasteiger partial charge >= 0.3 is 0 Å². The molecule has 2 rings (SSSR count). The summed E-state index contributed by atoms with van der Waals surface area (Å²) in [5.74, 6) is -0.621. The van der Waals surface area contributed by atoms with Crippen molar-refractivity contribution in [3.63, 3.8) is 0 Å². The Bertz CT molecular complexity index is 704. The first-order chi connectivity index (χ1) is 10.2. The van der Waals surface area contributed by atoms with Crippen molar-refractivity contribution >= 4 is 27.5 Å². The minimum atomic E-state index is -0.352. The van der Waals surface area contributed by atoms with E-state index in [4.69, 9.17) is 0 Å². The summed E-state index contributed by atoms with van der Waals surface area (Å²) in [4.78, 5) is 12.1. The molecule has 0 aliphatic carbocycles. The number of hydrogen-bond donors (Lipinski definition) is 1. The van der Waals surface area contributed by atoms with Gasteiger partial charge in [0.05, 0.1) is 23.8 Å². The van der Waals surface area contributed by atoms with E-state index in [0.717, 1.165) is 0 Å². The van der Waals surface area contributed by atoms with E-state index in [-0.39, 0.29) is 23.7 Å². The van der Waals surface area contributed by atoms with Gasteiger partial charge in [-0.3, -0.25) is 9.48 Å². The number of nitrogens with zero attached hydrogens (tertiary/aromatic N) is 2. The topological polar surface area (TPSA) is 46.9 Å². The average molecular weight is 368 g/mol. The summed E-state index contributed by atoms with van der Waals surface area (Å²) in [6, 6.07) is 3.36. The average Bonchev–Trinajstić information content (AvgIpc) is 2.88. The number of amides is 1. The molecule has 0 saturated carbocycles. The van der Waals surface area contributed by atoms with Crippen LogP contribution in [0.3, 0.4) is 0 Å². The van der Waals surface area contributed by atoms with E-state index in [1.54, 1.807) is 36.1 Å². The van der Waals surface area contributed by atoms with E-state index in [0.29, 0.717) is 21.3 Å². The van der Waals surface area contributed by atoms with E-state index in [2.05, 4.69) is 26.3 Å². The highest BCUT2D eigenvalue weighted by atomic mass is 79.9. The van der Waals surface area contributed by atoms with Gasteiger partial charge in [0.15, 0.2) is 0 Å². The van der Waals surface area contributed by atoms with Crippen LogP contribution in [0.1, 0.15) is 31.9 Å². The molecule has 0 aliphatic heterocycles. The van der Waals surface area contributed by atoms with Crippen LogP contribution >= 0.6 is 15.9 Å². The highest BCUT2D eigenvalue weighted by molar-refractivity contribution is 9.10. The zero-order chi connectivity index (χ0) is 16.5. The van der Waals surface area contributed by atoms with Gasteiger partial charge in [-0.1, -0.05) is 22.0 Å². The maximum atomic E-state index is 14.1. The summed E-state index contributed by atoms with van der Waals surface area (Å²) in [6.07, 6.45) is 3.34. The number of halogens is 2. The number of nitrogens with one attached hydrogen (secondary N) is 1. The minimum Gasteiger partial charge on any atom is -0.323 e. The van der Waals surface area contributed by atoms with Crippen LogP contribution in [-0.4, -0.2) is 15.7 Å². The smallest absolute Gasteiger partial charge is 0.228 e. The van der Waals surface area contributed by atoms with Crippen LogP contribution in [0.2, 0.25) is 0 Å². The Balaban J connectivity index is 2.08. The number of benzene rings is 1. The Morgan fingerprint density at radius 1 is 1.41 bits per heavy atom. The lowest BCUT2D eigenvalue weighted by molar-refractivity contribution is -0.115. The molecule has 6 heteroatoms. The molecular formula is C16H19BrFN3O. The second-order valence-electron chi connectivity index (χ2n) is 6.21. The molecule has 0 aliphatic rings. The van der Waals surface area contributed by atoms with Gasteiger partial charge in [-0.25, -0.2) is 4.39 Å². The summed E-state index contributed by atoms with van der Waals surface area (Å²) >= 11 is 3.27. The van der Waals surface area contributed by atoms with Crippen LogP contribution in [0.4, 0.5) is 10.1 Å². The lowest BCUT2D eigenvalue weighted by Crippen LogP contribution is -2.22. The molecule has 4 nitrogen and oxygen atoms in total. The standard InChI is InChI=1S/C16H19BrFN3O/c1-10-13(17)6-5-11(15(10)18)7-14(22)20-12-8-19-21(9-12)16(2,3)4/h5-6,8-9H,7H2,1-4H3,(H,20,22). The Morgan fingerprint density at radius 3 is 2.68 bits per heavy atom. The first-order valence-electron chi connectivity index (χ1n) is 6.97. The first-order valence-corrected chi connectivity index (χ1v) is 7.76. The summed E-state index contributed by atoms with van der Waals surface area (Å²) in [6.45, 7) is 7.73. The summed E-state index contributed by atoms with van der Waals surface area (Å²) in [5.41, 5.74) is 1.33. The van der Waals surface area contributed by atoms with Crippen LogP contribution in [0.15, 0.2) is 29.0 Å². The molecule has 22 heavy (non-hydrogen) atoms. The highest BCUT2D eigenvalue weighted by Gasteiger charge is 2.16. The number of hydrogen-bond acceptors (Lipinski definition) is 2. The van der Waals surface area contributed by atoms with Gasteiger partial charge in [-0.05, 0) is 44.9 Å². The van der Waals surface area contributed by atoms with E-state index in [1.165, 1.54) is 0 Å². The van der Waals surface area contributed by atoms with Crippen molar-refractivity contribution in [2.24, 2.45) is 0 Å². The van der Waals surface area contributed by atoms with Crippen LogP contribution in [0.25, 0.3) is 0 Å². The lowest BCUT2D eigenvalue weighted by atomic mass is 10.1. The van der Waals surface area contributed by atoms with Gasteiger partial charge in [0.1, 0.15) is 5.82 Å². The third kappa shape index (κ3) is 3.74. The molecule has 1 aromatic heterocycles. The van der Waals surface area contributed by atoms with Crippen molar-refractivity contribution < 1.29 is 9.18 Å². The summed E-state index contributed by atoms with van der Waals surface area (Å²) in [7, 11) is 0. The predicted octanol–water partition coefficient (Wildman–Crippen LogP) is 4.03. The molecule has 0 spiro atoms. The van der Waals surface area contributed by atoms with Crippen LogP contribution < -0.4 is 5.32 Å². The summed E-state index contributed by atoms with van der Waals surface area (Å²) in [5, 5.41) is 6.96. The number of carbonyl (C=O) groups excluding carboxylic acids is 1. The van der Waals surface area contributed by atoms with Crippen molar-refractivity contribution in [1.82, 2.24) is 9.78 Å². The van der Waals surface area contributed by atoms with Gasteiger partial charge in [0, 0.05) is 10.7 Å². The van der Waals surface area contributed by atoms with Crippen LogP contribution in [0, 0.1) is 12.7 Å². The molecule has 0 radical (unpaired) electrons. The maximum Gasteiger partial charge on any atom is 0.228 e. The minimum absolute atomic E-state index is 0.0132. The van der Waals surface area contributed by atoms with Gasteiger partial charge < -0.3 is 5.32 Å². The molecule has 1 amide bonds. The third-order valence-electron chi connectivity index (χ3n) is 3.30. The van der Waals surface area contributed by atoms with E-state index in [9.17, 15) is 9.18 Å². The van der Waals surface area contributed by atoms with Gasteiger partial charge in [-0.2, -0.15) is 5.10 Å². The maximum absolute atomic E-state index is 14.1. The van der Waals surface area contributed by atoms with Crippen molar-refractivity contribution in [3.05, 3.63) is 45.9 Å². The fraction of sp³-hybridized carbons (Fsp3) is 0.375. The third-order valence-corrected chi connectivity index (χ3v) is 4.16. The van der Waals surface area contributed by atoms with Gasteiger partial charge in [-0.15, -0.1) is 0 Å². The lowest BCUT2D eigenvalue weighted by Gasteiger charge is -2.18. The normalized spacial score (nSPS) is 11.5. The fourth-order valence-electron chi connectivity index (χ4n) is 1.99. The fourth-order valence-corrected chi connectivity index (χ4v) is 2.29. The molecule has 1 aromatic carbocycles. The molecular weight excluding hydrogens is 349 g/mol. The quantitative estimate of drug-likeness (QED) is 0.889.